The maximum absolute atomic E-state index is 12.5. The minimum absolute atomic E-state index is 0.0363. The van der Waals surface area contributed by atoms with E-state index in [4.69, 9.17) is 4.74 Å². The van der Waals surface area contributed by atoms with Crippen LogP contribution in [0.5, 0.6) is 0 Å². The van der Waals surface area contributed by atoms with Crippen molar-refractivity contribution >= 4 is 5.97 Å². The number of fused-ring (bicyclic) bond motifs is 2. The van der Waals surface area contributed by atoms with E-state index < -0.39 is 6.10 Å². The average Bonchev–Trinajstić information content (AvgIpc) is 3.12. The first-order valence-electron chi connectivity index (χ1n) is 9.32. The summed E-state index contributed by atoms with van der Waals surface area (Å²) in [6.07, 6.45) is 7.18. The van der Waals surface area contributed by atoms with Crippen LogP contribution in [-0.2, 0) is 9.53 Å². The number of hydrogen-bond donors (Lipinski definition) is 1. The Hall–Kier alpha value is -0.870. The number of hydrogen-bond acceptors (Lipinski definition) is 4. The van der Waals surface area contributed by atoms with Crippen LogP contribution in [0.1, 0.15) is 46.0 Å². The molecule has 23 heavy (non-hydrogen) atoms. The van der Waals surface area contributed by atoms with Gasteiger partial charge in [-0.2, -0.15) is 0 Å². The molecule has 2 aliphatic carbocycles. The van der Waals surface area contributed by atoms with Crippen molar-refractivity contribution in [1.82, 2.24) is 4.90 Å². The Morgan fingerprint density at radius 2 is 2.13 bits per heavy atom. The van der Waals surface area contributed by atoms with Gasteiger partial charge in [0.15, 0.2) is 0 Å². The molecule has 2 aliphatic heterocycles. The predicted molar refractivity (Wildman–Crippen MR) is 87.7 cm³/mol. The molecule has 0 aromatic rings. The number of esters is 1. The van der Waals surface area contributed by atoms with Crippen LogP contribution in [0.3, 0.4) is 0 Å². The zero-order valence-corrected chi connectivity index (χ0v) is 14.3. The monoisotopic (exact) mass is 319 g/mol. The maximum Gasteiger partial charge on any atom is 0.311 e. The number of aliphatic hydroxyl groups excluding tert-OH is 1. The number of carbonyl (C=O) groups excluding carboxylic acids is 1. The second-order valence-electron chi connectivity index (χ2n) is 8.31. The third kappa shape index (κ3) is 2.29. The number of allylic oxidation sites excluding steroid dienone is 1. The summed E-state index contributed by atoms with van der Waals surface area (Å²) in [5.41, 5.74) is 1.14. The van der Waals surface area contributed by atoms with Crippen molar-refractivity contribution in [1.29, 1.82) is 0 Å². The van der Waals surface area contributed by atoms with Crippen molar-refractivity contribution in [2.75, 3.05) is 19.6 Å². The van der Waals surface area contributed by atoms with Crippen molar-refractivity contribution in [2.24, 2.45) is 23.2 Å². The summed E-state index contributed by atoms with van der Waals surface area (Å²) < 4.78 is 5.72. The molecule has 3 fully saturated rings. The first kappa shape index (κ1) is 15.6. The highest BCUT2D eigenvalue weighted by molar-refractivity contribution is 5.76. The lowest BCUT2D eigenvalue weighted by Crippen LogP contribution is -2.54. The van der Waals surface area contributed by atoms with Crippen LogP contribution in [0, 0.1) is 23.2 Å². The van der Waals surface area contributed by atoms with Gasteiger partial charge in [0.25, 0.3) is 0 Å². The molecule has 4 aliphatic rings. The fourth-order valence-electron chi connectivity index (χ4n) is 5.52. The highest BCUT2D eigenvalue weighted by Gasteiger charge is 2.59. The molecule has 0 spiro atoms. The minimum atomic E-state index is -0.471. The summed E-state index contributed by atoms with van der Waals surface area (Å²) in [5.74, 6) is 0.189. The van der Waals surface area contributed by atoms with Crippen molar-refractivity contribution in [3.8, 4) is 0 Å². The van der Waals surface area contributed by atoms with Crippen LogP contribution < -0.4 is 0 Å². The standard InChI is InChI=1S/C19H29NO3/c1-12-6-5-7-13-10-15-16(17(21)19(12,13)2)14(18(22)23-15)11-20-8-3-4-9-20/h7,12,14-17,21H,3-6,8-11H2,1-2H3/t12-,14+,15-,16-,17-,19-/m1/s1. The summed E-state index contributed by atoms with van der Waals surface area (Å²) in [6, 6.07) is 0. The number of ether oxygens (including phenoxy) is 1. The van der Waals surface area contributed by atoms with Crippen LogP contribution in [0.25, 0.3) is 0 Å². The molecule has 1 saturated carbocycles. The van der Waals surface area contributed by atoms with Gasteiger partial charge in [-0.05, 0) is 44.7 Å². The van der Waals surface area contributed by atoms with Crippen molar-refractivity contribution < 1.29 is 14.6 Å². The first-order valence-corrected chi connectivity index (χ1v) is 9.32. The van der Waals surface area contributed by atoms with E-state index >= 15 is 0 Å². The highest BCUT2D eigenvalue weighted by atomic mass is 16.6. The van der Waals surface area contributed by atoms with E-state index in [-0.39, 0.29) is 29.3 Å². The third-order valence-corrected chi connectivity index (χ3v) is 7.22. The van der Waals surface area contributed by atoms with Crippen LogP contribution in [0.2, 0.25) is 0 Å². The second-order valence-corrected chi connectivity index (χ2v) is 8.31. The molecule has 0 aromatic carbocycles. The molecular weight excluding hydrogens is 290 g/mol. The largest absolute Gasteiger partial charge is 0.461 e. The summed E-state index contributed by atoms with van der Waals surface area (Å²) in [5, 5.41) is 11.3. The molecule has 4 nitrogen and oxygen atoms in total. The van der Waals surface area contributed by atoms with Gasteiger partial charge in [-0.1, -0.05) is 25.5 Å². The summed E-state index contributed by atoms with van der Waals surface area (Å²) in [7, 11) is 0. The first-order chi connectivity index (χ1) is 11.0. The number of carbonyl (C=O) groups is 1. The van der Waals surface area contributed by atoms with Gasteiger partial charge in [-0.15, -0.1) is 0 Å². The molecule has 0 radical (unpaired) electrons. The van der Waals surface area contributed by atoms with Gasteiger partial charge >= 0.3 is 5.97 Å². The fourth-order valence-corrected chi connectivity index (χ4v) is 5.52. The minimum Gasteiger partial charge on any atom is -0.461 e. The molecule has 1 N–H and O–H groups in total. The van der Waals surface area contributed by atoms with Gasteiger partial charge in [0.2, 0.25) is 0 Å². The van der Waals surface area contributed by atoms with Crippen molar-refractivity contribution in [3.63, 3.8) is 0 Å². The molecule has 6 atom stereocenters. The van der Waals surface area contributed by atoms with Crippen molar-refractivity contribution in [2.45, 2.75) is 58.2 Å². The Labute approximate surface area is 138 Å². The Bertz CT molecular complexity index is 525. The van der Waals surface area contributed by atoms with Crippen LogP contribution in [0.4, 0.5) is 0 Å². The van der Waals surface area contributed by atoms with E-state index in [9.17, 15) is 9.90 Å². The summed E-state index contributed by atoms with van der Waals surface area (Å²) in [4.78, 5) is 14.9. The zero-order valence-electron chi connectivity index (χ0n) is 14.3. The van der Waals surface area contributed by atoms with E-state index in [1.807, 2.05) is 0 Å². The maximum atomic E-state index is 12.5. The molecule has 128 valence electrons. The van der Waals surface area contributed by atoms with Crippen molar-refractivity contribution in [3.05, 3.63) is 11.6 Å². The van der Waals surface area contributed by atoms with E-state index in [2.05, 4.69) is 24.8 Å². The van der Waals surface area contributed by atoms with Gasteiger partial charge < -0.3 is 14.7 Å². The zero-order chi connectivity index (χ0) is 16.2. The van der Waals surface area contributed by atoms with Gasteiger partial charge in [0, 0.05) is 24.3 Å². The SMILES string of the molecule is C[C@@H]1CCC=C2C[C@H]3OC(=O)[C@@H](CN4CCCC4)[C@H]3[C@@H](O)[C@@]21C. The Kier molecular flexibility index (Phi) is 3.80. The molecule has 0 aromatic heterocycles. The molecule has 2 saturated heterocycles. The number of likely N-dealkylation sites (tertiary alicyclic amines) is 1. The number of rotatable bonds is 2. The molecule has 4 heteroatoms. The van der Waals surface area contributed by atoms with Crippen LogP contribution in [0.15, 0.2) is 11.6 Å². The van der Waals surface area contributed by atoms with Gasteiger partial charge in [-0.25, -0.2) is 0 Å². The molecule has 0 unspecified atom stereocenters. The Balaban J connectivity index is 1.62. The average molecular weight is 319 g/mol. The lowest BCUT2D eigenvalue weighted by atomic mass is 9.55. The van der Waals surface area contributed by atoms with E-state index in [1.165, 1.54) is 18.4 Å². The Morgan fingerprint density at radius 3 is 2.87 bits per heavy atom. The molecule has 2 heterocycles. The molecular formula is C19H29NO3. The molecule has 0 bridgehead atoms. The van der Waals surface area contributed by atoms with Crippen LogP contribution >= 0.6 is 0 Å². The van der Waals surface area contributed by atoms with Crippen LogP contribution in [-0.4, -0.2) is 47.8 Å². The third-order valence-electron chi connectivity index (χ3n) is 7.22. The van der Waals surface area contributed by atoms with E-state index in [0.29, 0.717) is 5.92 Å². The molecule has 0 amide bonds. The van der Waals surface area contributed by atoms with Gasteiger partial charge in [0.05, 0.1) is 12.0 Å². The normalized spacial score (nSPS) is 47.0. The topological polar surface area (TPSA) is 49.8 Å². The number of aliphatic hydroxyl groups is 1. The van der Waals surface area contributed by atoms with E-state index in [1.54, 1.807) is 0 Å². The lowest BCUT2D eigenvalue weighted by Gasteiger charge is -2.51. The fraction of sp³-hybridized carbons (Fsp3) is 0.842. The van der Waals surface area contributed by atoms with Gasteiger partial charge in [0.1, 0.15) is 6.10 Å². The second kappa shape index (κ2) is 5.59. The summed E-state index contributed by atoms with van der Waals surface area (Å²) >= 11 is 0. The van der Waals surface area contributed by atoms with Gasteiger partial charge in [-0.3, -0.25) is 4.79 Å². The smallest absolute Gasteiger partial charge is 0.311 e. The highest BCUT2D eigenvalue weighted by Crippen LogP contribution is 2.56. The molecule has 4 rings (SSSR count). The Morgan fingerprint density at radius 1 is 1.39 bits per heavy atom. The summed E-state index contributed by atoms with van der Waals surface area (Å²) in [6.45, 7) is 7.38. The van der Waals surface area contributed by atoms with E-state index in [0.717, 1.165) is 38.9 Å². The predicted octanol–water partition coefficient (Wildman–Crippen LogP) is 2.37. The quantitative estimate of drug-likeness (QED) is 0.627. The lowest BCUT2D eigenvalue weighted by molar-refractivity contribution is -0.145. The number of nitrogens with zero attached hydrogens (tertiary/aromatic N) is 1.